The molecule has 150 valence electrons. The summed E-state index contributed by atoms with van der Waals surface area (Å²) in [6.07, 6.45) is 3.26. The summed E-state index contributed by atoms with van der Waals surface area (Å²) >= 11 is 0. The van der Waals surface area contributed by atoms with Crippen LogP contribution in [0.3, 0.4) is 0 Å². The number of rotatable bonds is 6. The van der Waals surface area contributed by atoms with Gasteiger partial charge in [0.1, 0.15) is 5.75 Å². The van der Waals surface area contributed by atoms with Crippen molar-refractivity contribution in [2.75, 3.05) is 26.7 Å². The highest BCUT2D eigenvalue weighted by Crippen LogP contribution is 2.25. The molecule has 28 heavy (non-hydrogen) atoms. The number of benzene rings is 2. The fourth-order valence-corrected chi connectivity index (χ4v) is 3.84. The van der Waals surface area contributed by atoms with Crippen LogP contribution in [-0.2, 0) is 11.8 Å². The molecule has 4 heteroatoms. The van der Waals surface area contributed by atoms with Gasteiger partial charge in [-0.25, -0.2) is 4.79 Å². The highest BCUT2D eigenvalue weighted by molar-refractivity contribution is 5.74. The van der Waals surface area contributed by atoms with Crippen LogP contribution in [-0.4, -0.2) is 37.7 Å². The molecule has 1 heterocycles. The first-order valence-corrected chi connectivity index (χ1v) is 10.2. The van der Waals surface area contributed by atoms with E-state index < -0.39 is 0 Å². The molecule has 2 amide bonds. The molecule has 0 unspecified atom stereocenters. The third-order valence-electron chi connectivity index (χ3n) is 5.82. The number of hydrogen-bond acceptors (Lipinski definition) is 2. The molecular weight excluding hydrogens is 348 g/mol. The molecule has 1 saturated heterocycles. The van der Waals surface area contributed by atoms with Crippen LogP contribution in [0, 0.1) is 5.92 Å². The van der Waals surface area contributed by atoms with Crippen LogP contribution in [0.2, 0.25) is 0 Å². The smallest absolute Gasteiger partial charge is 0.317 e. The van der Waals surface area contributed by atoms with Gasteiger partial charge in [0.2, 0.25) is 0 Å². The molecule has 1 aliphatic rings. The van der Waals surface area contributed by atoms with Crippen LogP contribution < -0.4 is 10.1 Å². The van der Waals surface area contributed by atoms with Gasteiger partial charge in [-0.2, -0.15) is 0 Å². The number of carbonyl (C=O) groups is 1. The number of nitrogens with one attached hydrogen (secondary N) is 1. The zero-order chi connectivity index (χ0) is 20.0. The van der Waals surface area contributed by atoms with Gasteiger partial charge in [0.05, 0.1) is 7.11 Å². The standard InChI is InChI=1S/C24H32N2O2/c1-24(2,21-9-11-22(28-3)12-10-21)18-25-23(27)26-15-13-20(14-16-26)17-19-7-5-4-6-8-19/h4-12,20H,13-18H2,1-3H3,(H,25,27). The van der Waals surface area contributed by atoms with E-state index in [4.69, 9.17) is 4.74 Å². The van der Waals surface area contributed by atoms with E-state index in [9.17, 15) is 4.79 Å². The molecule has 0 bridgehead atoms. The Labute approximate surface area is 168 Å². The third kappa shape index (κ3) is 5.28. The number of ether oxygens (including phenoxy) is 1. The van der Waals surface area contributed by atoms with Crippen molar-refractivity contribution in [2.45, 2.75) is 38.5 Å². The van der Waals surface area contributed by atoms with Crippen LogP contribution in [0.1, 0.15) is 37.8 Å². The van der Waals surface area contributed by atoms with Crippen LogP contribution in [0.15, 0.2) is 54.6 Å². The summed E-state index contributed by atoms with van der Waals surface area (Å²) in [7, 11) is 1.67. The molecule has 0 spiro atoms. The second-order valence-corrected chi connectivity index (χ2v) is 8.39. The Bertz CT molecular complexity index is 748. The Morgan fingerprint density at radius 3 is 2.32 bits per heavy atom. The first kappa shape index (κ1) is 20.2. The Morgan fingerprint density at radius 1 is 1.07 bits per heavy atom. The summed E-state index contributed by atoms with van der Waals surface area (Å²) < 4.78 is 5.23. The number of methoxy groups -OCH3 is 1. The molecular formula is C24H32N2O2. The molecule has 0 radical (unpaired) electrons. The van der Waals surface area contributed by atoms with Crippen LogP contribution in [0.5, 0.6) is 5.75 Å². The van der Waals surface area contributed by atoms with Gasteiger partial charge >= 0.3 is 6.03 Å². The predicted octanol–water partition coefficient (Wildman–Crippen LogP) is 4.64. The maximum atomic E-state index is 12.6. The van der Waals surface area contributed by atoms with Gasteiger partial charge in [-0.05, 0) is 48.4 Å². The number of carbonyl (C=O) groups excluding carboxylic acids is 1. The summed E-state index contributed by atoms with van der Waals surface area (Å²) in [6.45, 7) is 6.60. The second kappa shape index (κ2) is 9.13. The summed E-state index contributed by atoms with van der Waals surface area (Å²) in [5.41, 5.74) is 2.45. The first-order valence-electron chi connectivity index (χ1n) is 10.2. The predicted molar refractivity (Wildman–Crippen MR) is 114 cm³/mol. The van der Waals surface area contributed by atoms with Crippen molar-refractivity contribution in [2.24, 2.45) is 5.92 Å². The number of amides is 2. The lowest BCUT2D eigenvalue weighted by molar-refractivity contribution is 0.168. The van der Waals surface area contributed by atoms with Crippen molar-refractivity contribution in [3.8, 4) is 5.75 Å². The van der Waals surface area contributed by atoms with E-state index in [0.717, 1.165) is 38.1 Å². The van der Waals surface area contributed by atoms with E-state index in [0.29, 0.717) is 12.5 Å². The lowest BCUT2D eigenvalue weighted by Crippen LogP contribution is -2.47. The lowest BCUT2D eigenvalue weighted by atomic mass is 9.84. The largest absolute Gasteiger partial charge is 0.497 e. The van der Waals surface area contributed by atoms with Gasteiger partial charge in [0.15, 0.2) is 0 Å². The minimum Gasteiger partial charge on any atom is -0.497 e. The van der Waals surface area contributed by atoms with Gasteiger partial charge < -0.3 is 15.0 Å². The number of urea groups is 1. The van der Waals surface area contributed by atoms with E-state index in [1.54, 1.807) is 7.11 Å². The van der Waals surface area contributed by atoms with E-state index in [2.05, 4.69) is 61.6 Å². The molecule has 2 aromatic rings. The molecule has 0 aliphatic carbocycles. The molecule has 1 N–H and O–H groups in total. The maximum absolute atomic E-state index is 12.6. The van der Waals surface area contributed by atoms with E-state index >= 15 is 0 Å². The Kier molecular flexibility index (Phi) is 6.61. The zero-order valence-electron chi connectivity index (χ0n) is 17.3. The number of piperidine rings is 1. The average Bonchev–Trinajstić information content (AvgIpc) is 2.73. The minimum absolute atomic E-state index is 0.0553. The van der Waals surface area contributed by atoms with Gasteiger partial charge in [-0.15, -0.1) is 0 Å². The average molecular weight is 381 g/mol. The van der Waals surface area contributed by atoms with Gasteiger partial charge in [0.25, 0.3) is 0 Å². The van der Waals surface area contributed by atoms with Crippen LogP contribution in [0.4, 0.5) is 4.79 Å². The number of likely N-dealkylation sites (tertiary alicyclic amines) is 1. The molecule has 0 aromatic heterocycles. The summed E-state index contributed by atoms with van der Waals surface area (Å²) in [5, 5.41) is 3.14. The zero-order valence-corrected chi connectivity index (χ0v) is 17.3. The Morgan fingerprint density at radius 2 is 1.71 bits per heavy atom. The summed E-state index contributed by atoms with van der Waals surface area (Å²) in [4.78, 5) is 14.6. The highest BCUT2D eigenvalue weighted by atomic mass is 16.5. The quantitative estimate of drug-likeness (QED) is 0.793. The molecule has 1 fully saturated rings. The molecule has 0 saturated carbocycles. The fourth-order valence-electron chi connectivity index (χ4n) is 3.84. The first-order chi connectivity index (χ1) is 13.5. The molecule has 3 rings (SSSR count). The van der Waals surface area contributed by atoms with Crippen LogP contribution >= 0.6 is 0 Å². The van der Waals surface area contributed by atoms with Crippen molar-refractivity contribution in [3.05, 3.63) is 65.7 Å². The van der Waals surface area contributed by atoms with Crippen molar-refractivity contribution in [1.82, 2.24) is 10.2 Å². The Hall–Kier alpha value is -2.49. The van der Waals surface area contributed by atoms with Crippen molar-refractivity contribution < 1.29 is 9.53 Å². The van der Waals surface area contributed by atoms with Crippen molar-refractivity contribution in [1.29, 1.82) is 0 Å². The third-order valence-corrected chi connectivity index (χ3v) is 5.82. The molecule has 1 aliphatic heterocycles. The van der Waals surface area contributed by atoms with E-state index in [1.807, 2.05) is 17.0 Å². The lowest BCUT2D eigenvalue weighted by Gasteiger charge is -2.33. The topological polar surface area (TPSA) is 41.6 Å². The SMILES string of the molecule is COc1ccc(C(C)(C)CNC(=O)N2CCC(Cc3ccccc3)CC2)cc1. The molecule has 2 aromatic carbocycles. The van der Waals surface area contributed by atoms with E-state index in [-0.39, 0.29) is 11.4 Å². The fraction of sp³-hybridized carbons (Fsp3) is 0.458. The number of nitrogens with zero attached hydrogens (tertiary/aromatic N) is 1. The second-order valence-electron chi connectivity index (χ2n) is 8.39. The highest BCUT2D eigenvalue weighted by Gasteiger charge is 2.26. The van der Waals surface area contributed by atoms with Gasteiger partial charge in [-0.3, -0.25) is 0 Å². The minimum atomic E-state index is -0.131. The summed E-state index contributed by atoms with van der Waals surface area (Å²) in [6, 6.07) is 18.8. The van der Waals surface area contributed by atoms with E-state index in [1.165, 1.54) is 11.1 Å². The monoisotopic (exact) mass is 380 g/mol. The van der Waals surface area contributed by atoms with Gasteiger partial charge in [-0.1, -0.05) is 56.3 Å². The number of hydrogen-bond donors (Lipinski definition) is 1. The molecule has 4 nitrogen and oxygen atoms in total. The van der Waals surface area contributed by atoms with Crippen LogP contribution in [0.25, 0.3) is 0 Å². The normalized spacial score (nSPS) is 15.3. The van der Waals surface area contributed by atoms with Gasteiger partial charge in [0, 0.05) is 25.0 Å². The Balaban J connectivity index is 1.46. The van der Waals surface area contributed by atoms with Crippen molar-refractivity contribution in [3.63, 3.8) is 0 Å². The van der Waals surface area contributed by atoms with Crippen molar-refractivity contribution >= 4 is 6.03 Å². The maximum Gasteiger partial charge on any atom is 0.317 e. The molecule has 0 atom stereocenters. The summed E-state index contributed by atoms with van der Waals surface area (Å²) in [5.74, 6) is 1.52.